The summed E-state index contributed by atoms with van der Waals surface area (Å²) in [5.74, 6) is 0.372. The minimum atomic E-state index is -3.18. The molecule has 0 heterocycles. The number of hydrogen-bond acceptors (Lipinski definition) is 5. The van der Waals surface area contributed by atoms with Crippen molar-refractivity contribution in [3.8, 4) is 5.75 Å². The molecule has 156 valence electrons. The maximum Gasteiger partial charge on any atom is 0.356 e. The lowest BCUT2D eigenvalue weighted by Crippen LogP contribution is -2.18. The van der Waals surface area contributed by atoms with E-state index in [-0.39, 0.29) is 17.2 Å². The fourth-order valence-electron chi connectivity index (χ4n) is 2.85. The number of phenolic OH excluding ortho intramolecular Hbond substituents is 1. The molecular formula is C21H37O5P. The van der Waals surface area contributed by atoms with Crippen molar-refractivity contribution in [2.45, 2.75) is 72.6 Å². The summed E-state index contributed by atoms with van der Waals surface area (Å²) in [6.07, 6.45) is 0.607. The summed E-state index contributed by atoms with van der Waals surface area (Å²) in [5, 5.41) is 10.8. The molecule has 0 saturated heterocycles. The lowest BCUT2D eigenvalue weighted by molar-refractivity contribution is 0.134. The van der Waals surface area contributed by atoms with Gasteiger partial charge in [0.1, 0.15) is 12.1 Å². The first kappa shape index (κ1) is 24.2. The molecule has 1 aromatic rings. The monoisotopic (exact) mass is 400 g/mol. The maximum absolute atomic E-state index is 12.4. The highest BCUT2D eigenvalue weighted by Crippen LogP contribution is 2.47. The summed E-state index contributed by atoms with van der Waals surface area (Å²) in [6, 6.07) is 4.08. The van der Waals surface area contributed by atoms with Gasteiger partial charge in [-0.15, -0.1) is 0 Å². The molecule has 0 aliphatic carbocycles. The Labute approximate surface area is 165 Å². The number of hydrogen-bond donors (Lipinski definition) is 1. The number of rotatable bonds is 9. The van der Waals surface area contributed by atoms with E-state index in [1.165, 1.54) is 0 Å². The van der Waals surface area contributed by atoms with E-state index in [0.717, 1.165) is 16.7 Å². The van der Waals surface area contributed by atoms with Crippen LogP contribution >= 0.6 is 7.60 Å². The van der Waals surface area contributed by atoms with Gasteiger partial charge in [0, 0.05) is 0 Å². The largest absolute Gasteiger partial charge is 0.507 e. The second kappa shape index (κ2) is 9.56. The van der Waals surface area contributed by atoms with E-state index in [9.17, 15) is 9.67 Å². The molecule has 6 heteroatoms. The van der Waals surface area contributed by atoms with E-state index >= 15 is 0 Å². The summed E-state index contributed by atoms with van der Waals surface area (Å²) in [5.41, 5.74) is 2.62. The first-order valence-corrected chi connectivity index (χ1v) is 11.4. The normalized spacial score (nSPS) is 13.2. The SMILES string of the molecule is CCOP(=O)(COCCc1cc(C(C)(C)C)c(O)c(C(C)(C)C)c1)OCC. The lowest BCUT2D eigenvalue weighted by atomic mass is 9.78. The molecule has 0 aliphatic heterocycles. The van der Waals surface area contributed by atoms with Gasteiger partial charge in [0.05, 0.1) is 19.8 Å². The van der Waals surface area contributed by atoms with Crippen molar-refractivity contribution in [2.24, 2.45) is 0 Å². The van der Waals surface area contributed by atoms with Crippen molar-refractivity contribution in [3.05, 3.63) is 28.8 Å². The van der Waals surface area contributed by atoms with Crippen LogP contribution in [0.4, 0.5) is 0 Å². The van der Waals surface area contributed by atoms with Crippen molar-refractivity contribution in [1.82, 2.24) is 0 Å². The van der Waals surface area contributed by atoms with Crippen molar-refractivity contribution in [1.29, 1.82) is 0 Å². The Hall–Kier alpha value is -0.870. The van der Waals surface area contributed by atoms with E-state index in [4.69, 9.17) is 13.8 Å². The zero-order valence-electron chi connectivity index (χ0n) is 18.2. The fourth-order valence-corrected chi connectivity index (χ4v) is 4.22. The Morgan fingerprint density at radius 3 is 1.74 bits per heavy atom. The molecular weight excluding hydrogens is 363 g/mol. The van der Waals surface area contributed by atoms with E-state index in [0.29, 0.717) is 32.0 Å². The molecule has 0 radical (unpaired) electrons. The standard InChI is InChI=1S/C21H37O5P/c1-9-25-27(23,26-10-2)15-24-12-11-16-13-17(20(3,4)5)19(22)18(14-16)21(6,7)8/h13-14,22H,9-12,15H2,1-8H3. The van der Waals surface area contributed by atoms with Crippen LogP contribution in [0.2, 0.25) is 0 Å². The number of phenols is 1. The first-order chi connectivity index (χ1) is 12.3. The van der Waals surface area contributed by atoms with Crippen LogP contribution < -0.4 is 0 Å². The smallest absolute Gasteiger partial charge is 0.356 e. The molecule has 0 atom stereocenters. The molecule has 1 N–H and O–H groups in total. The van der Waals surface area contributed by atoms with E-state index in [1.807, 2.05) is 12.1 Å². The quantitative estimate of drug-likeness (QED) is 0.421. The highest BCUT2D eigenvalue weighted by atomic mass is 31.2. The molecule has 0 bridgehead atoms. The van der Waals surface area contributed by atoms with Gasteiger partial charge in [0.15, 0.2) is 0 Å². The first-order valence-electron chi connectivity index (χ1n) is 9.66. The molecule has 0 fully saturated rings. The predicted molar refractivity (Wildman–Crippen MR) is 111 cm³/mol. The Bertz CT molecular complexity index is 611. The molecule has 0 aliphatic rings. The van der Waals surface area contributed by atoms with E-state index in [2.05, 4.69) is 41.5 Å². The summed E-state index contributed by atoms with van der Waals surface area (Å²) in [6.45, 7) is 17.2. The van der Waals surface area contributed by atoms with Gasteiger partial charge in [-0.2, -0.15) is 0 Å². The van der Waals surface area contributed by atoms with Crippen molar-refractivity contribution in [3.63, 3.8) is 0 Å². The minimum absolute atomic E-state index is 0.0506. The Kier molecular flexibility index (Phi) is 8.55. The molecule has 1 rings (SSSR count). The molecule has 0 saturated carbocycles. The van der Waals surface area contributed by atoms with Crippen molar-refractivity contribution in [2.75, 3.05) is 26.2 Å². The van der Waals surface area contributed by atoms with Gasteiger partial charge >= 0.3 is 7.60 Å². The summed E-state index contributed by atoms with van der Waals surface area (Å²) < 4.78 is 28.5. The van der Waals surface area contributed by atoms with Crippen LogP contribution in [0.5, 0.6) is 5.75 Å². The second-order valence-electron chi connectivity index (χ2n) is 8.77. The molecule has 5 nitrogen and oxygen atoms in total. The Morgan fingerprint density at radius 2 is 1.37 bits per heavy atom. The van der Waals surface area contributed by atoms with Gasteiger partial charge in [-0.25, -0.2) is 0 Å². The number of ether oxygens (including phenoxy) is 1. The molecule has 0 amide bonds. The topological polar surface area (TPSA) is 65.0 Å². The van der Waals surface area contributed by atoms with Gasteiger partial charge in [-0.05, 0) is 47.8 Å². The Morgan fingerprint density at radius 1 is 0.926 bits per heavy atom. The highest BCUT2D eigenvalue weighted by Gasteiger charge is 2.27. The minimum Gasteiger partial charge on any atom is -0.507 e. The number of benzene rings is 1. The van der Waals surface area contributed by atoms with Crippen LogP contribution in [0.15, 0.2) is 12.1 Å². The molecule has 0 aromatic heterocycles. The van der Waals surface area contributed by atoms with Gasteiger partial charge in [-0.1, -0.05) is 53.7 Å². The molecule has 0 unspecified atom stereocenters. The summed E-state index contributed by atoms with van der Waals surface area (Å²) in [7, 11) is -3.18. The summed E-state index contributed by atoms with van der Waals surface area (Å²) >= 11 is 0. The second-order valence-corrected chi connectivity index (χ2v) is 10.8. The lowest BCUT2D eigenvalue weighted by Gasteiger charge is -2.28. The average molecular weight is 400 g/mol. The predicted octanol–water partition coefficient (Wildman–Crippen LogP) is 5.77. The fraction of sp³-hybridized carbons (Fsp3) is 0.714. The maximum atomic E-state index is 12.4. The molecule has 1 aromatic carbocycles. The third-order valence-corrected chi connectivity index (χ3v) is 6.02. The van der Waals surface area contributed by atoms with Crippen LogP contribution in [-0.4, -0.2) is 31.3 Å². The van der Waals surface area contributed by atoms with Gasteiger partial charge in [0.25, 0.3) is 0 Å². The molecule has 0 spiro atoms. The van der Waals surface area contributed by atoms with Crippen molar-refractivity contribution < 1.29 is 23.5 Å². The van der Waals surface area contributed by atoms with E-state index in [1.54, 1.807) is 13.8 Å². The van der Waals surface area contributed by atoms with Crippen LogP contribution in [0.25, 0.3) is 0 Å². The van der Waals surface area contributed by atoms with Crippen LogP contribution in [0.1, 0.15) is 72.1 Å². The zero-order chi connectivity index (χ0) is 20.9. The number of aromatic hydroxyl groups is 1. The van der Waals surface area contributed by atoms with Crippen LogP contribution in [0, 0.1) is 0 Å². The van der Waals surface area contributed by atoms with E-state index < -0.39 is 7.60 Å². The van der Waals surface area contributed by atoms with Crippen LogP contribution in [-0.2, 0) is 35.6 Å². The third kappa shape index (κ3) is 7.23. The van der Waals surface area contributed by atoms with Gasteiger partial charge < -0.3 is 18.9 Å². The average Bonchev–Trinajstić information content (AvgIpc) is 2.51. The summed E-state index contributed by atoms with van der Waals surface area (Å²) in [4.78, 5) is 0. The zero-order valence-corrected chi connectivity index (χ0v) is 19.1. The Balaban J connectivity index is 2.93. The van der Waals surface area contributed by atoms with Crippen molar-refractivity contribution >= 4 is 7.60 Å². The molecule has 27 heavy (non-hydrogen) atoms. The van der Waals surface area contributed by atoms with Gasteiger partial charge in [0.2, 0.25) is 0 Å². The highest BCUT2D eigenvalue weighted by molar-refractivity contribution is 7.53. The van der Waals surface area contributed by atoms with Crippen LogP contribution in [0.3, 0.4) is 0 Å². The third-order valence-electron chi connectivity index (χ3n) is 4.22. The van der Waals surface area contributed by atoms with Gasteiger partial charge in [-0.3, -0.25) is 4.57 Å².